The minimum atomic E-state index is 0.0381. The minimum absolute atomic E-state index is 0.0381. The van der Waals surface area contributed by atoms with Crippen LogP contribution < -0.4 is 0 Å². The summed E-state index contributed by atoms with van der Waals surface area (Å²) in [7, 11) is 2.10. The van der Waals surface area contributed by atoms with E-state index in [-0.39, 0.29) is 11.9 Å². The van der Waals surface area contributed by atoms with Gasteiger partial charge in [0.1, 0.15) is 5.82 Å². The summed E-state index contributed by atoms with van der Waals surface area (Å²) in [5.74, 6) is 2.07. The Morgan fingerprint density at radius 1 is 1.08 bits per heavy atom. The van der Waals surface area contributed by atoms with Gasteiger partial charge in [0.05, 0.1) is 12.6 Å². The number of aromatic nitrogens is 3. The second kappa shape index (κ2) is 6.36. The number of fused-ring (bicyclic) bond motifs is 1. The van der Waals surface area contributed by atoms with Crippen LogP contribution in [-0.4, -0.2) is 50.6 Å². The van der Waals surface area contributed by atoms with Gasteiger partial charge in [0.2, 0.25) is 0 Å². The lowest BCUT2D eigenvalue weighted by Crippen LogP contribution is -2.40. The first-order valence-electron chi connectivity index (χ1n) is 8.70. The van der Waals surface area contributed by atoms with E-state index < -0.39 is 0 Å². The van der Waals surface area contributed by atoms with Gasteiger partial charge in [-0.15, -0.1) is 10.2 Å². The predicted octanol–water partition coefficient (Wildman–Crippen LogP) is 2.09. The fourth-order valence-corrected chi connectivity index (χ4v) is 3.74. The van der Waals surface area contributed by atoms with Crippen molar-refractivity contribution >= 4 is 5.91 Å². The highest BCUT2D eigenvalue weighted by molar-refractivity contribution is 5.94. The fourth-order valence-electron chi connectivity index (χ4n) is 3.74. The molecule has 6 heteroatoms. The number of nitrogens with zero attached hydrogens (tertiary/aromatic N) is 5. The lowest BCUT2D eigenvalue weighted by Gasteiger charge is -2.36. The molecule has 0 N–H and O–H groups in total. The maximum absolute atomic E-state index is 13.0. The number of carbonyl (C=O) groups is 1. The molecule has 0 bridgehead atoms. The SMILES string of the molecule is CN1CCn2c(nnc2[C@@H]2CCCCN2C(=O)c2ccccc2)C1. The van der Waals surface area contributed by atoms with E-state index >= 15 is 0 Å². The van der Waals surface area contributed by atoms with Gasteiger partial charge >= 0.3 is 0 Å². The van der Waals surface area contributed by atoms with E-state index in [0.29, 0.717) is 0 Å². The van der Waals surface area contributed by atoms with Crippen molar-refractivity contribution in [2.75, 3.05) is 20.1 Å². The van der Waals surface area contributed by atoms with Crippen molar-refractivity contribution in [2.24, 2.45) is 0 Å². The smallest absolute Gasteiger partial charge is 0.254 e. The minimum Gasteiger partial charge on any atom is -0.328 e. The molecule has 126 valence electrons. The molecule has 1 saturated heterocycles. The molecule has 1 aromatic heterocycles. The van der Waals surface area contributed by atoms with Crippen LogP contribution >= 0.6 is 0 Å². The largest absolute Gasteiger partial charge is 0.328 e. The lowest BCUT2D eigenvalue weighted by atomic mass is 10.00. The van der Waals surface area contributed by atoms with Gasteiger partial charge in [-0.05, 0) is 38.4 Å². The van der Waals surface area contributed by atoms with Crippen LogP contribution in [-0.2, 0) is 13.1 Å². The monoisotopic (exact) mass is 325 g/mol. The number of hydrogen-bond donors (Lipinski definition) is 0. The molecule has 2 aromatic rings. The van der Waals surface area contributed by atoms with Gasteiger partial charge in [-0.2, -0.15) is 0 Å². The Hall–Kier alpha value is -2.21. The first-order chi connectivity index (χ1) is 11.7. The van der Waals surface area contributed by atoms with E-state index in [1.807, 2.05) is 35.2 Å². The molecule has 1 aromatic carbocycles. The van der Waals surface area contributed by atoms with Crippen LogP contribution in [0.5, 0.6) is 0 Å². The summed E-state index contributed by atoms with van der Waals surface area (Å²) in [6.07, 6.45) is 3.15. The van der Waals surface area contributed by atoms with E-state index in [4.69, 9.17) is 0 Å². The van der Waals surface area contributed by atoms with Gasteiger partial charge in [0.25, 0.3) is 5.91 Å². The second-order valence-electron chi connectivity index (χ2n) is 6.74. The molecule has 0 saturated carbocycles. The number of rotatable bonds is 2. The molecule has 3 heterocycles. The van der Waals surface area contributed by atoms with Crippen LogP contribution in [0.1, 0.15) is 47.3 Å². The Kier molecular flexibility index (Phi) is 4.06. The van der Waals surface area contributed by atoms with Crippen LogP contribution in [0.2, 0.25) is 0 Å². The van der Waals surface area contributed by atoms with E-state index in [0.717, 1.165) is 62.7 Å². The third-order valence-corrected chi connectivity index (χ3v) is 5.06. The van der Waals surface area contributed by atoms with E-state index in [1.165, 1.54) is 0 Å². The van der Waals surface area contributed by atoms with Crippen molar-refractivity contribution in [3.63, 3.8) is 0 Å². The van der Waals surface area contributed by atoms with Crippen LogP contribution in [0.25, 0.3) is 0 Å². The van der Waals surface area contributed by atoms with Crippen LogP contribution in [0, 0.1) is 0 Å². The van der Waals surface area contributed by atoms with Gasteiger partial charge in [-0.3, -0.25) is 9.69 Å². The van der Waals surface area contributed by atoms with E-state index in [2.05, 4.69) is 26.7 Å². The lowest BCUT2D eigenvalue weighted by molar-refractivity contribution is 0.0592. The number of benzene rings is 1. The molecule has 0 unspecified atom stereocenters. The average Bonchev–Trinajstić information content (AvgIpc) is 3.04. The van der Waals surface area contributed by atoms with Gasteiger partial charge < -0.3 is 9.47 Å². The summed E-state index contributed by atoms with van der Waals surface area (Å²) in [5.41, 5.74) is 0.752. The van der Waals surface area contributed by atoms with Crippen molar-refractivity contribution in [2.45, 2.75) is 38.4 Å². The molecule has 0 aliphatic carbocycles. The van der Waals surface area contributed by atoms with E-state index in [9.17, 15) is 4.79 Å². The topological polar surface area (TPSA) is 54.3 Å². The third kappa shape index (κ3) is 2.71. The summed E-state index contributed by atoms with van der Waals surface area (Å²) >= 11 is 0. The molecule has 6 nitrogen and oxygen atoms in total. The third-order valence-electron chi connectivity index (χ3n) is 5.06. The number of hydrogen-bond acceptors (Lipinski definition) is 4. The quantitative estimate of drug-likeness (QED) is 0.848. The van der Waals surface area contributed by atoms with Gasteiger partial charge in [-0.25, -0.2) is 0 Å². The summed E-state index contributed by atoms with van der Waals surface area (Å²) < 4.78 is 2.22. The number of carbonyl (C=O) groups excluding carboxylic acids is 1. The maximum Gasteiger partial charge on any atom is 0.254 e. The summed E-state index contributed by atoms with van der Waals surface area (Å²) in [6, 6.07) is 9.60. The van der Waals surface area contributed by atoms with Gasteiger partial charge in [0.15, 0.2) is 5.82 Å². The number of piperidine rings is 1. The highest BCUT2D eigenvalue weighted by Crippen LogP contribution is 2.32. The van der Waals surface area contributed by atoms with Crippen molar-refractivity contribution in [1.82, 2.24) is 24.6 Å². The van der Waals surface area contributed by atoms with Crippen molar-refractivity contribution < 1.29 is 4.79 Å². The highest BCUT2D eigenvalue weighted by Gasteiger charge is 2.33. The Balaban J connectivity index is 1.65. The molecule has 2 aliphatic heterocycles. The van der Waals surface area contributed by atoms with Crippen LogP contribution in [0.15, 0.2) is 30.3 Å². The normalized spacial score (nSPS) is 21.5. The second-order valence-corrected chi connectivity index (χ2v) is 6.74. The molecule has 2 aliphatic rings. The van der Waals surface area contributed by atoms with Crippen molar-refractivity contribution in [3.8, 4) is 0 Å². The summed E-state index contributed by atoms with van der Waals surface area (Å²) in [5, 5.41) is 8.86. The van der Waals surface area contributed by atoms with Crippen molar-refractivity contribution in [3.05, 3.63) is 47.5 Å². The molecule has 1 amide bonds. The predicted molar refractivity (Wildman–Crippen MR) is 90.4 cm³/mol. The Labute approximate surface area is 142 Å². The standard InChI is InChI=1S/C18H23N5O/c1-21-11-12-23-16(13-21)19-20-17(23)15-9-5-6-10-22(15)18(24)14-7-3-2-4-8-14/h2-4,7-8,15H,5-6,9-13H2,1H3/t15-/m0/s1. The Bertz CT molecular complexity index is 726. The highest BCUT2D eigenvalue weighted by atomic mass is 16.2. The van der Waals surface area contributed by atoms with Crippen molar-refractivity contribution in [1.29, 1.82) is 0 Å². The summed E-state index contributed by atoms with van der Waals surface area (Å²) in [4.78, 5) is 17.2. The molecule has 24 heavy (non-hydrogen) atoms. The van der Waals surface area contributed by atoms with E-state index in [1.54, 1.807) is 0 Å². The Morgan fingerprint density at radius 3 is 2.75 bits per heavy atom. The molecular formula is C18H23N5O. The molecular weight excluding hydrogens is 302 g/mol. The van der Waals surface area contributed by atoms with Gasteiger partial charge in [-0.1, -0.05) is 18.2 Å². The zero-order chi connectivity index (χ0) is 16.5. The average molecular weight is 325 g/mol. The first-order valence-corrected chi connectivity index (χ1v) is 8.70. The maximum atomic E-state index is 13.0. The molecule has 1 fully saturated rings. The molecule has 0 radical (unpaired) electrons. The van der Waals surface area contributed by atoms with Crippen LogP contribution in [0.3, 0.4) is 0 Å². The Morgan fingerprint density at radius 2 is 1.92 bits per heavy atom. The zero-order valence-corrected chi connectivity index (χ0v) is 14.1. The number of likely N-dealkylation sites (tertiary alicyclic amines) is 1. The van der Waals surface area contributed by atoms with Gasteiger partial charge in [0, 0.05) is 25.2 Å². The number of amides is 1. The van der Waals surface area contributed by atoms with Crippen LogP contribution in [0.4, 0.5) is 0 Å². The summed E-state index contributed by atoms with van der Waals surface area (Å²) in [6.45, 7) is 3.52. The fraction of sp³-hybridized carbons (Fsp3) is 0.500. The molecule has 0 spiro atoms. The zero-order valence-electron chi connectivity index (χ0n) is 14.1. The number of likely N-dealkylation sites (N-methyl/N-ethyl adjacent to an activating group) is 1. The first kappa shape index (κ1) is 15.3. The molecule has 1 atom stereocenters. The molecule has 4 rings (SSSR count).